The molecule has 3 rings (SSSR count). The summed E-state index contributed by atoms with van der Waals surface area (Å²) in [6.07, 6.45) is 7.21. The number of nitrogens with one attached hydrogen (secondary N) is 1. The van der Waals surface area contributed by atoms with E-state index in [0.29, 0.717) is 12.3 Å². The van der Waals surface area contributed by atoms with Gasteiger partial charge in [-0.25, -0.2) is 4.98 Å². The van der Waals surface area contributed by atoms with Gasteiger partial charge in [0.15, 0.2) is 0 Å². The number of hydrogen-bond acceptors (Lipinski definition) is 4. The number of aromatic nitrogens is 1. The van der Waals surface area contributed by atoms with E-state index in [9.17, 15) is 4.79 Å². The second-order valence-corrected chi connectivity index (χ2v) is 8.09. The van der Waals surface area contributed by atoms with Gasteiger partial charge in [0.05, 0.1) is 19.3 Å². The summed E-state index contributed by atoms with van der Waals surface area (Å²) in [5.41, 5.74) is 3.24. The predicted octanol–water partition coefficient (Wildman–Crippen LogP) is 5.26. The van der Waals surface area contributed by atoms with Crippen LogP contribution in [0.5, 0.6) is 11.6 Å². The highest BCUT2D eigenvalue weighted by atomic mass is 16.5. The molecule has 1 unspecified atom stereocenters. The Morgan fingerprint density at radius 2 is 1.87 bits per heavy atom. The fourth-order valence-corrected chi connectivity index (χ4v) is 3.82. The monoisotopic (exact) mass is 408 g/mol. The van der Waals surface area contributed by atoms with Crippen molar-refractivity contribution in [1.82, 2.24) is 10.3 Å². The first-order chi connectivity index (χ1) is 14.5. The molecule has 5 nitrogen and oxygen atoms in total. The second kappa shape index (κ2) is 9.79. The van der Waals surface area contributed by atoms with Gasteiger partial charge in [0.1, 0.15) is 5.75 Å². The van der Waals surface area contributed by atoms with E-state index < -0.39 is 5.54 Å². The van der Waals surface area contributed by atoms with E-state index >= 15 is 0 Å². The predicted molar refractivity (Wildman–Crippen MR) is 120 cm³/mol. The number of ether oxygens (including phenoxy) is 2. The van der Waals surface area contributed by atoms with E-state index in [4.69, 9.17) is 9.47 Å². The van der Waals surface area contributed by atoms with Gasteiger partial charge in [-0.3, -0.25) is 4.79 Å². The third-order valence-electron chi connectivity index (χ3n) is 5.77. The quantitative estimate of drug-likeness (QED) is 0.575. The van der Waals surface area contributed by atoms with Crippen LogP contribution in [-0.4, -0.2) is 24.6 Å². The molecule has 0 radical (unpaired) electrons. The zero-order chi connectivity index (χ0) is 21.6. The Hall–Kier alpha value is -2.82. The summed E-state index contributed by atoms with van der Waals surface area (Å²) in [4.78, 5) is 17.1. The van der Waals surface area contributed by atoms with Gasteiger partial charge in [-0.2, -0.15) is 0 Å². The Morgan fingerprint density at radius 3 is 2.50 bits per heavy atom. The van der Waals surface area contributed by atoms with Crippen LogP contribution in [0, 0.1) is 0 Å². The lowest BCUT2D eigenvalue weighted by Gasteiger charge is -2.37. The van der Waals surface area contributed by atoms with Crippen LogP contribution in [0.4, 0.5) is 0 Å². The average molecular weight is 409 g/mol. The molecule has 1 N–H and O–H groups in total. The van der Waals surface area contributed by atoms with Crippen LogP contribution in [-0.2, 0) is 10.3 Å². The van der Waals surface area contributed by atoms with E-state index in [0.717, 1.165) is 41.1 Å². The SMILES string of the molecule is CCCCCCOc1ccc(C2(C)CC(c3ccc(OC)nc3)=C(C)C(=O)N2)cc1. The number of rotatable bonds is 9. The molecule has 0 aliphatic carbocycles. The molecule has 2 heterocycles. The van der Waals surface area contributed by atoms with Crippen molar-refractivity contribution in [3.63, 3.8) is 0 Å². The molecule has 160 valence electrons. The third kappa shape index (κ3) is 5.02. The third-order valence-corrected chi connectivity index (χ3v) is 5.77. The van der Waals surface area contributed by atoms with Crippen molar-refractivity contribution < 1.29 is 14.3 Å². The average Bonchev–Trinajstić information content (AvgIpc) is 2.77. The molecule has 0 saturated heterocycles. The van der Waals surface area contributed by atoms with Gasteiger partial charge in [0, 0.05) is 24.3 Å². The Balaban J connectivity index is 1.74. The smallest absolute Gasteiger partial charge is 0.247 e. The molecule has 0 saturated carbocycles. The van der Waals surface area contributed by atoms with Gasteiger partial charge in [0.25, 0.3) is 0 Å². The molecule has 30 heavy (non-hydrogen) atoms. The highest BCUT2D eigenvalue weighted by molar-refractivity contribution is 6.03. The van der Waals surface area contributed by atoms with E-state index in [1.165, 1.54) is 19.3 Å². The van der Waals surface area contributed by atoms with Crippen molar-refractivity contribution in [2.75, 3.05) is 13.7 Å². The lowest BCUT2D eigenvalue weighted by Crippen LogP contribution is -2.47. The van der Waals surface area contributed by atoms with Gasteiger partial charge in [-0.15, -0.1) is 0 Å². The summed E-state index contributed by atoms with van der Waals surface area (Å²) in [5.74, 6) is 1.38. The molecule has 5 heteroatoms. The van der Waals surface area contributed by atoms with Crippen LogP contribution in [0.1, 0.15) is 64.0 Å². The highest BCUT2D eigenvalue weighted by Gasteiger charge is 2.36. The number of methoxy groups -OCH3 is 1. The summed E-state index contributed by atoms with van der Waals surface area (Å²) in [6, 6.07) is 11.9. The fourth-order valence-electron chi connectivity index (χ4n) is 3.82. The molecule has 0 fully saturated rings. The normalized spacial score (nSPS) is 18.9. The summed E-state index contributed by atoms with van der Waals surface area (Å²) >= 11 is 0. The molecule has 1 atom stereocenters. The number of hydrogen-bond donors (Lipinski definition) is 1. The maximum absolute atomic E-state index is 12.7. The van der Waals surface area contributed by atoms with Crippen LogP contribution in [0.25, 0.3) is 5.57 Å². The first-order valence-corrected chi connectivity index (χ1v) is 10.7. The van der Waals surface area contributed by atoms with Gasteiger partial charge in [-0.1, -0.05) is 38.3 Å². The van der Waals surface area contributed by atoms with Gasteiger partial charge in [0.2, 0.25) is 11.8 Å². The Bertz CT molecular complexity index is 888. The molecule has 0 spiro atoms. The van der Waals surface area contributed by atoms with Crippen molar-refractivity contribution in [3.05, 3.63) is 59.3 Å². The number of unbranched alkanes of at least 4 members (excludes halogenated alkanes) is 3. The number of carbonyl (C=O) groups excluding carboxylic acids is 1. The standard InChI is InChI=1S/C25H32N2O3/c1-5-6-7-8-15-30-21-12-10-20(11-13-21)25(3)16-22(18(2)24(28)27-25)19-9-14-23(29-4)26-17-19/h9-14,17H,5-8,15-16H2,1-4H3,(H,27,28). The van der Waals surface area contributed by atoms with Crippen LogP contribution in [0.15, 0.2) is 48.2 Å². The molecule has 1 amide bonds. The lowest BCUT2D eigenvalue weighted by atomic mass is 9.79. The van der Waals surface area contributed by atoms with Crippen molar-refractivity contribution >= 4 is 11.5 Å². The highest BCUT2D eigenvalue weighted by Crippen LogP contribution is 2.38. The van der Waals surface area contributed by atoms with Crippen LogP contribution in [0.3, 0.4) is 0 Å². The van der Waals surface area contributed by atoms with Crippen LogP contribution in [0.2, 0.25) is 0 Å². The van der Waals surface area contributed by atoms with E-state index in [1.807, 2.05) is 43.3 Å². The molecule has 1 aliphatic rings. The summed E-state index contributed by atoms with van der Waals surface area (Å²) in [5, 5.41) is 3.18. The number of benzene rings is 1. The van der Waals surface area contributed by atoms with E-state index in [2.05, 4.69) is 24.1 Å². The number of amides is 1. The van der Waals surface area contributed by atoms with Gasteiger partial charge in [-0.05, 0) is 55.2 Å². The Kier molecular flexibility index (Phi) is 7.14. The number of pyridine rings is 1. The number of carbonyl (C=O) groups is 1. The Morgan fingerprint density at radius 1 is 1.10 bits per heavy atom. The molecule has 1 aromatic heterocycles. The topological polar surface area (TPSA) is 60.5 Å². The fraction of sp³-hybridized carbons (Fsp3) is 0.440. The van der Waals surface area contributed by atoms with Crippen molar-refractivity contribution in [1.29, 1.82) is 0 Å². The van der Waals surface area contributed by atoms with Crippen molar-refractivity contribution in [3.8, 4) is 11.6 Å². The first kappa shape index (κ1) is 21.9. The minimum Gasteiger partial charge on any atom is -0.494 e. The largest absolute Gasteiger partial charge is 0.494 e. The van der Waals surface area contributed by atoms with Crippen LogP contribution >= 0.6 is 0 Å². The minimum atomic E-state index is -0.495. The minimum absolute atomic E-state index is 0.0502. The second-order valence-electron chi connectivity index (χ2n) is 8.09. The maximum atomic E-state index is 12.7. The van der Waals surface area contributed by atoms with E-state index in [-0.39, 0.29) is 5.91 Å². The van der Waals surface area contributed by atoms with Crippen molar-refractivity contribution in [2.45, 2.75) is 58.4 Å². The number of nitrogens with zero attached hydrogens (tertiary/aromatic N) is 1. The summed E-state index contributed by atoms with van der Waals surface area (Å²) in [7, 11) is 1.59. The van der Waals surface area contributed by atoms with E-state index in [1.54, 1.807) is 13.3 Å². The van der Waals surface area contributed by atoms with Gasteiger partial charge < -0.3 is 14.8 Å². The summed E-state index contributed by atoms with van der Waals surface area (Å²) in [6.45, 7) is 6.88. The molecule has 0 bridgehead atoms. The molecule has 1 aromatic carbocycles. The zero-order valence-electron chi connectivity index (χ0n) is 18.5. The molecular weight excluding hydrogens is 376 g/mol. The lowest BCUT2D eigenvalue weighted by molar-refractivity contribution is -0.119. The molecule has 2 aromatic rings. The molecule has 1 aliphatic heterocycles. The summed E-state index contributed by atoms with van der Waals surface area (Å²) < 4.78 is 11.0. The van der Waals surface area contributed by atoms with Gasteiger partial charge >= 0.3 is 0 Å². The Labute approximate surface area is 179 Å². The van der Waals surface area contributed by atoms with Crippen LogP contribution < -0.4 is 14.8 Å². The zero-order valence-corrected chi connectivity index (χ0v) is 18.5. The first-order valence-electron chi connectivity index (χ1n) is 10.7. The molecular formula is C25H32N2O3. The van der Waals surface area contributed by atoms with Crippen molar-refractivity contribution in [2.24, 2.45) is 0 Å². The maximum Gasteiger partial charge on any atom is 0.247 e.